The summed E-state index contributed by atoms with van der Waals surface area (Å²) in [6.45, 7) is 1.83. The fourth-order valence-electron chi connectivity index (χ4n) is 3.02. The Morgan fingerprint density at radius 3 is 2.79 bits per heavy atom. The number of Topliss-reactive ketones (excluding diaryl/α,β-unsaturated/α-hetero) is 1. The van der Waals surface area contributed by atoms with Crippen LogP contribution in [0.4, 0.5) is 5.13 Å². The van der Waals surface area contributed by atoms with Crippen LogP contribution in [0.25, 0.3) is 0 Å². The van der Waals surface area contributed by atoms with Crippen LogP contribution in [0.2, 0.25) is 0 Å². The third-order valence-electron chi connectivity index (χ3n) is 4.54. The second kappa shape index (κ2) is 7.54. The third kappa shape index (κ3) is 3.86. The number of hydrogen-bond donors (Lipinski definition) is 1. The lowest BCUT2D eigenvalue weighted by Crippen LogP contribution is -2.35. The van der Waals surface area contributed by atoms with Crippen molar-refractivity contribution in [1.82, 2.24) is 9.29 Å². The van der Waals surface area contributed by atoms with Gasteiger partial charge in [-0.1, -0.05) is 12.1 Å². The lowest BCUT2D eigenvalue weighted by Gasteiger charge is -2.25. The normalized spacial score (nSPS) is 14.4. The molecule has 0 unspecified atom stereocenters. The number of aromatic nitrogens is 1. The monoisotopic (exact) mass is 431 g/mol. The summed E-state index contributed by atoms with van der Waals surface area (Å²) in [5, 5.41) is 3.07. The number of furan rings is 1. The van der Waals surface area contributed by atoms with Gasteiger partial charge in [-0.05, 0) is 31.2 Å². The number of ketones is 1. The van der Waals surface area contributed by atoms with Crippen LogP contribution in [-0.4, -0.2) is 35.9 Å². The zero-order valence-corrected chi connectivity index (χ0v) is 17.0. The SMILES string of the molecule is CC(=O)c1cccc(S(=O)(=O)N2CCc3nc(NC(=O)c4ccco4)sc3C2)c1. The molecule has 0 aliphatic carbocycles. The molecule has 1 aliphatic rings. The molecule has 1 aliphatic heterocycles. The number of benzene rings is 1. The minimum absolute atomic E-state index is 0.0875. The Kier molecular flexibility index (Phi) is 5.07. The van der Waals surface area contributed by atoms with E-state index < -0.39 is 15.9 Å². The smallest absolute Gasteiger partial charge is 0.293 e. The molecule has 0 saturated carbocycles. The zero-order valence-electron chi connectivity index (χ0n) is 15.4. The van der Waals surface area contributed by atoms with E-state index in [1.807, 2.05) is 0 Å². The number of amides is 1. The van der Waals surface area contributed by atoms with Crippen molar-refractivity contribution in [3.8, 4) is 0 Å². The number of fused-ring (bicyclic) bond motifs is 1. The summed E-state index contributed by atoms with van der Waals surface area (Å²) in [5.41, 5.74) is 1.12. The maximum atomic E-state index is 13.0. The Morgan fingerprint density at radius 1 is 1.24 bits per heavy atom. The lowest BCUT2D eigenvalue weighted by atomic mass is 10.2. The highest BCUT2D eigenvalue weighted by Crippen LogP contribution is 2.31. The van der Waals surface area contributed by atoms with E-state index in [2.05, 4.69) is 10.3 Å². The Labute approximate surface area is 171 Å². The molecule has 0 fully saturated rings. The van der Waals surface area contributed by atoms with Crippen LogP contribution in [0.3, 0.4) is 0 Å². The number of rotatable bonds is 5. The molecule has 0 saturated heterocycles. The molecule has 1 aromatic carbocycles. The summed E-state index contributed by atoms with van der Waals surface area (Å²) in [7, 11) is -3.75. The van der Waals surface area contributed by atoms with Gasteiger partial charge < -0.3 is 4.42 Å². The Bertz CT molecular complexity index is 1180. The molecule has 1 amide bonds. The molecule has 8 nitrogen and oxygen atoms in total. The van der Waals surface area contributed by atoms with E-state index in [1.165, 1.54) is 41.0 Å². The first-order valence-electron chi connectivity index (χ1n) is 8.79. The molecule has 0 atom stereocenters. The van der Waals surface area contributed by atoms with Gasteiger partial charge in [0, 0.05) is 23.4 Å². The molecule has 1 N–H and O–H groups in total. The van der Waals surface area contributed by atoms with Gasteiger partial charge in [-0.3, -0.25) is 14.9 Å². The Balaban J connectivity index is 1.54. The van der Waals surface area contributed by atoms with Gasteiger partial charge >= 0.3 is 0 Å². The van der Waals surface area contributed by atoms with E-state index in [-0.39, 0.29) is 29.5 Å². The standard InChI is InChI=1S/C19H17N3O5S2/c1-12(23)13-4-2-5-14(10-13)29(25,26)22-8-7-15-17(11-22)28-19(20-15)21-18(24)16-6-3-9-27-16/h2-6,9-10H,7-8,11H2,1H3,(H,20,21,24). The molecule has 0 spiro atoms. The van der Waals surface area contributed by atoms with Gasteiger partial charge in [0.1, 0.15) is 0 Å². The highest BCUT2D eigenvalue weighted by molar-refractivity contribution is 7.89. The topological polar surface area (TPSA) is 110 Å². The van der Waals surface area contributed by atoms with Crippen LogP contribution >= 0.6 is 11.3 Å². The van der Waals surface area contributed by atoms with Crippen molar-refractivity contribution in [3.63, 3.8) is 0 Å². The van der Waals surface area contributed by atoms with Gasteiger partial charge in [0.05, 0.1) is 23.4 Å². The van der Waals surface area contributed by atoms with Crippen molar-refractivity contribution < 1.29 is 22.4 Å². The van der Waals surface area contributed by atoms with E-state index in [0.29, 0.717) is 17.1 Å². The molecule has 2 aromatic heterocycles. The number of sulfonamides is 1. The average Bonchev–Trinajstić information content (AvgIpc) is 3.37. The number of thiazole rings is 1. The quantitative estimate of drug-likeness (QED) is 0.622. The molecule has 3 heterocycles. The fourth-order valence-corrected chi connectivity index (χ4v) is 5.58. The molecule has 29 heavy (non-hydrogen) atoms. The minimum Gasteiger partial charge on any atom is -0.459 e. The number of carbonyl (C=O) groups excluding carboxylic acids is 2. The van der Waals surface area contributed by atoms with Crippen molar-refractivity contribution in [3.05, 3.63) is 64.6 Å². The fraction of sp³-hybridized carbons (Fsp3) is 0.211. The summed E-state index contributed by atoms with van der Waals surface area (Å²) >= 11 is 1.24. The van der Waals surface area contributed by atoms with Gasteiger partial charge in [-0.2, -0.15) is 4.31 Å². The van der Waals surface area contributed by atoms with Crippen LogP contribution in [-0.2, 0) is 23.0 Å². The maximum Gasteiger partial charge on any atom is 0.293 e. The number of hydrogen-bond acceptors (Lipinski definition) is 7. The number of nitrogens with zero attached hydrogens (tertiary/aromatic N) is 2. The van der Waals surface area contributed by atoms with E-state index in [1.54, 1.807) is 24.3 Å². The summed E-state index contributed by atoms with van der Waals surface area (Å²) in [6, 6.07) is 9.20. The first-order valence-corrected chi connectivity index (χ1v) is 11.0. The van der Waals surface area contributed by atoms with Crippen LogP contribution in [0.15, 0.2) is 52.0 Å². The second-order valence-corrected chi connectivity index (χ2v) is 9.51. The van der Waals surface area contributed by atoms with Crippen molar-refractivity contribution in [2.24, 2.45) is 0 Å². The Morgan fingerprint density at radius 2 is 2.07 bits per heavy atom. The first-order chi connectivity index (χ1) is 13.8. The van der Waals surface area contributed by atoms with Crippen LogP contribution in [0.5, 0.6) is 0 Å². The maximum absolute atomic E-state index is 13.0. The highest BCUT2D eigenvalue weighted by Gasteiger charge is 2.31. The number of anilines is 1. The molecule has 3 aromatic rings. The van der Waals surface area contributed by atoms with Crippen LogP contribution in [0, 0.1) is 0 Å². The number of carbonyl (C=O) groups is 2. The highest BCUT2D eigenvalue weighted by atomic mass is 32.2. The van der Waals surface area contributed by atoms with Crippen LogP contribution in [0.1, 0.15) is 38.4 Å². The molecule has 0 bridgehead atoms. The van der Waals surface area contributed by atoms with Crippen molar-refractivity contribution in [2.75, 3.05) is 11.9 Å². The van der Waals surface area contributed by atoms with Gasteiger partial charge in [0.15, 0.2) is 16.7 Å². The molecular weight excluding hydrogens is 414 g/mol. The summed E-state index contributed by atoms with van der Waals surface area (Å²) in [4.78, 5) is 29.0. The molecule has 4 rings (SSSR count). The molecule has 10 heteroatoms. The van der Waals surface area contributed by atoms with Crippen molar-refractivity contribution in [2.45, 2.75) is 24.8 Å². The third-order valence-corrected chi connectivity index (χ3v) is 7.38. The minimum atomic E-state index is -3.75. The number of nitrogens with one attached hydrogen (secondary N) is 1. The lowest BCUT2D eigenvalue weighted by molar-refractivity contribution is 0.0993. The van der Waals surface area contributed by atoms with Gasteiger partial charge in [-0.15, -0.1) is 11.3 Å². The van der Waals surface area contributed by atoms with E-state index >= 15 is 0 Å². The van der Waals surface area contributed by atoms with Gasteiger partial charge in [0.2, 0.25) is 10.0 Å². The largest absolute Gasteiger partial charge is 0.459 e. The first kappa shape index (κ1) is 19.5. The van der Waals surface area contributed by atoms with E-state index in [9.17, 15) is 18.0 Å². The van der Waals surface area contributed by atoms with Gasteiger partial charge in [0.25, 0.3) is 5.91 Å². The average molecular weight is 431 g/mol. The molecule has 0 radical (unpaired) electrons. The summed E-state index contributed by atoms with van der Waals surface area (Å²) in [5.74, 6) is -0.429. The van der Waals surface area contributed by atoms with Crippen molar-refractivity contribution >= 4 is 38.2 Å². The molecule has 150 valence electrons. The zero-order chi connectivity index (χ0) is 20.6. The molecular formula is C19H17N3O5S2. The predicted molar refractivity (Wildman–Crippen MR) is 107 cm³/mol. The predicted octanol–water partition coefficient (Wildman–Crippen LogP) is 2.94. The second-order valence-electron chi connectivity index (χ2n) is 6.49. The van der Waals surface area contributed by atoms with E-state index in [4.69, 9.17) is 4.42 Å². The summed E-state index contributed by atoms with van der Waals surface area (Å²) < 4.78 is 32.5. The van der Waals surface area contributed by atoms with E-state index in [0.717, 1.165) is 10.6 Å². The Hall–Kier alpha value is -2.82. The van der Waals surface area contributed by atoms with Crippen LogP contribution < -0.4 is 5.32 Å². The summed E-state index contributed by atoms with van der Waals surface area (Å²) in [6.07, 6.45) is 1.85. The van der Waals surface area contributed by atoms with Crippen molar-refractivity contribution in [1.29, 1.82) is 0 Å². The van der Waals surface area contributed by atoms with Gasteiger partial charge in [-0.25, -0.2) is 13.4 Å².